The second-order valence-corrected chi connectivity index (χ2v) is 8.01. The zero-order valence-corrected chi connectivity index (χ0v) is 14.0. The van der Waals surface area contributed by atoms with E-state index >= 15 is 0 Å². The van der Waals surface area contributed by atoms with Gasteiger partial charge in [-0.05, 0) is 36.6 Å². The molecule has 0 atom stereocenters. The third-order valence-corrected chi connectivity index (χ3v) is 5.62. The normalized spacial score (nSPS) is 14.9. The third kappa shape index (κ3) is 3.68. The van der Waals surface area contributed by atoms with Crippen LogP contribution in [0.3, 0.4) is 0 Å². The molecule has 0 radical (unpaired) electrons. The number of hydrogen-bond donors (Lipinski definition) is 1. The molecular weight excluding hydrogens is 312 g/mol. The molecule has 0 aliphatic heterocycles. The smallest absolute Gasteiger partial charge is 0.242 e. The van der Waals surface area contributed by atoms with Gasteiger partial charge in [-0.2, -0.15) is 0 Å². The van der Waals surface area contributed by atoms with Gasteiger partial charge in [-0.1, -0.05) is 12.1 Å². The molecule has 1 saturated carbocycles. The monoisotopic (exact) mass is 332 g/mol. The van der Waals surface area contributed by atoms with E-state index in [1.807, 2.05) is 18.2 Å². The average Bonchev–Trinajstić information content (AvgIpc) is 3.38. The Morgan fingerprint density at radius 2 is 1.87 bits per heavy atom. The topological polar surface area (TPSA) is 75.2 Å². The van der Waals surface area contributed by atoms with Crippen LogP contribution in [0, 0.1) is 0 Å². The molecule has 1 heterocycles. The van der Waals surface area contributed by atoms with Crippen LogP contribution in [0.1, 0.15) is 30.1 Å². The molecule has 1 aromatic carbocycles. The Hall–Kier alpha value is -1.99. The predicted molar refractivity (Wildman–Crippen MR) is 88.6 cm³/mol. The molecule has 23 heavy (non-hydrogen) atoms. The Morgan fingerprint density at radius 1 is 1.17 bits per heavy atom. The van der Waals surface area contributed by atoms with Gasteiger partial charge in [-0.15, -0.1) is 0 Å². The predicted octanol–water partition coefficient (Wildman–Crippen LogP) is 2.22. The van der Waals surface area contributed by atoms with Crippen LogP contribution in [0.25, 0.3) is 0 Å². The third-order valence-electron chi connectivity index (χ3n) is 3.79. The first-order chi connectivity index (χ1) is 11.0. The van der Waals surface area contributed by atoms with E-state index in [4.69, 9.17) is 0 Å². The second kappa shape index (κ2) is 6.25. The summed E-state index contributed by atoms with van der Waals surface area (Å²) in [4.78, 5) is 9.09. The van der Waals surface area contributed by atoms with Gasteiger partial charge in [0.25, 0.3) is 0 Å². The van der Waals surface area contributed by atoms with Gasteiger partial charge in [0.2, 0.25) is 10.0 Å². The van der Waals surface area contributed by atoms with Crippen LogP contribution < -0.4 is 5.32 Å². The van der Waals surface area contributed by atoms with Crippen molar-refractivity contribution in [2.45, 2.75) is 30.2 Å². The number of sulfonamides is 1. The fourth-order valence-electron chi connectivity index (χ4n) is 2.19. The Labute approximate surface area is 136 Å². The number of aromatic nitrogens is 2. The summed E-state index contributed by atoms with van der Waals surface area (Å²) >= 11 is 0. The molecule has 1 aromatic heterocycles. The van der Waals surface area contributed by atoms with Crippen molar-refractivity contribution < 1.29 is 8.42 Å². The van der Waals surface area contributed by atoms with Gasteiger partial charge in [0, 0.05) is 32.8 Å². The number of anilines is 1. The number of nitrogens with one attached hydrogen (secondary N) is 1. The maximum Gasteiger partial charge on any atom is 0.242 e. The molecular formula is C16H20N4O2S. The van der Waals surface area contributed by atoms with Crippen molar-refractivity contribution in [1.82, 2.24) is 14.3 Å². The Morgan fingerprint density at radius 3 is 2.48 bits per heavy atom. The molecule has 6 nitrogen and oxygen atoms in total. The first kappa shape index (κ1) is 15.9. The highest BCUT2D eigenvalue weighted by Crippen LogP contribution is 2.38. The van der Waals surface area contributed by atoms with Crippen LogP contribution in [-0.4, -0.2) is 36.8 Å². The van der Waals surface area contributed by atoms with E-state index < -0.39 is 10.0 Å². The average molecular weight is 332 g/mol. The van der Waals surface area contributed by atoms with Crippen LogP contribution in [0.5, 0.6) is 0 Å². The Balaban J connectivity index is 1.66. The number of rotatable bonds is 6. The minimum absolute atomic E-state index is 0.296. The molecule has 0 unspecified atom stereocenters. The van der Waals surface area contributed by atoms with Crippen LogP contribution in [0.15, 0.2) is 41.4 Å². The molecule has 1 N–H and O–H groups in total. The van der Waals surface area contributed by atoms with E-state index in [1.54, 1.807) is 18.3 Å². The summed E-state index contributed by atoms with van der Waals surface area (Å²) in [6.07, 6.45) is 4.12. The van der Waals surface area contributed by atoms with E-state index in [0.29, 0.717) is 17.4 Å². The van der Waals surface area contributed by atoms with E-state index in [-0.39, 0.29) is 0 Å². The SMILES string of the molecule is CN(C)S(=O)(=O)c1ccc(CNc2ccnc(C3CC3)n2)cc1. The number of hydrogen-bond acceptors (Lipinski definition) is 5. The van der Waals surface area contributed by atoms with Crippen molar-refractivity contribution in [3.63, 3.8) is 0 Å². The first-order valence-corrected chi connectivity index (χ1v) is 8.99. The Bertz CT molecular complexity index is 784. The van der Waals surface area contributed by atoms with E-state index in [9.17, 15) is 8.42 Å². The summed E-state index contributed by atoms with van der Waals surface area (Å²) in [7, 11) is -0.326. The van der Waals surface area contributed by atoms with E-state index in [0.717, 1.165) is 17.2 Å². The second-order valence-electron chi connectivity index (χ2n) is 5.86. The fraction of sp³-hybridized carbons (Fsp3) is 0.375. The standard InChI is InChI=1S/C16H20N4O2S/c1-20(2)23(21,22)14-7-3-12(4-8-14)11-18-15-9-10-17-16(19-15)13-5-6-13/h3-4,7-10,13H,5-6,11H2,1-2H3,(H,17,18,19). The maximum atomic E-state index is 12.0. The molecule has 0 spiro atoms. The van der Waals surface area contributed by atoms with Crippen molar-refractivity contribution in [2.24, 2.45) is 0 Å². The molecule has 1 aliphatic carbocycles. The fourth-order valence-corrected chi connectivity index (χ4v) is 3.09. The Kier molecular flexibility index (Phi) is 4.32. The van der Waals surface area contributed by atoms with Gasteiger partial charge in [0.1, 0.15) is 11.6 Å². The minimum atomic E-state index is -3.38. The van der Waals surface area contributed by atoms with Gasteiger partial charge in [-0.3, -0.25) is 0 Å². The summed E-state index contributed by atoms with van der Waals surface area (Å²) < 4.78 is 25.3. The summed E-state index contributed by atoms with van der Waals surface area (Å²) in [5.41, 5.74) is 0.995. The zero-order valence-electron chi connectivity index (χ0n) is 13.2. The lowest BCUT2D eigenvalue weighted by Gasteiger charge is -2.12. The van der Waals surface area contributed by atoms with Crippen LogP contribution in [-0.2, 0) is 16.6 Å². The van der Waals surface area contributed by atoms with Crippen molar-refractivity contribution in [1.29, 1.82) is 0 Å². The minimum Gasteiger partial charge on any atom is -0.366 e. The first-order valence-electron chi connectivity index (χ1n) is 7.55. The number of benzene rings is 1. The van der Waals surface area contributed by atoms with Crippen molar-refractivity contribution in [3.05, 3.63) is 47.9 Å². The molecule has 1 aliphatic rings. The van der Waals surface area contributed by atoms with Crippen molar-refractivity contribution in [2.75, 3.05) is 19.4 Å². The molecule has 7 heteroatoms. The van der Waals surface area contributed by atoms with Crippen LogP contribution >= 0.6 is 0 Å². The highest BCUT2D eigenvalue weighted by molar-refractivity contribution is 7.89. The molecule has 0 bridgehead atoms. The molecule has 2 aromatic rings. The molecule has 122 valence electrons. The maximum absolute atomic E-state index is 12.0. The quantitative estimate of drug-likeness (QED) is 0.878. The van der Waals surface area contributed by atoms with Crippen molar-refractivity contribution >= 4 is 15.8 Å². The van der Waals surface area contributed by atoms with Gasteiger partial charge in [0.05, 0.1) is 4.90 Å². The highest BCUT2D eigenvalue weighted by atomic mass is 32.2. The van der Waals surface area contributed by atoms with Crippen LogP contribution in [0.2, 0.25) is 0 Å². The molecule has 0 amide bonds. The lowest BCUT2D eigenvalue weighted by atomic mass is 10.2. The van der Waals surface area contributed by atoms with E-state index in [2.05, 4.69) is 15.3 Å². The van der Waals surface area contributed by atoms with Crippen LogP contribution in [0.4, 0.5) is 5.82 Å². The summed E-state index contributed by atoms with van der Waals surface area (Å²) in [5.74, 6) is 2.22. The lowest BCUT2D eigenvalue weighted by Crippen LogP contribution is -2.22. The lowest BCUT2D eigenvalue weighted by molar-refractivity contribution is 0.520. The van der Waals surface area contributed by atoms with E-state index in [1.165, 1.54) is 31.2 Å². The largest absolute Gasteiger partial charge is 0.366 e. The molecule has 1 fully saturated rings. The van der Waals surface area contributed by atoms with Gasteiger partial charge in [0.15, 0.2) is 0 Å². The highest BCUT2D eigenvalue weighted by Gasteiger charge is 2.26. The van der Waals surface area contributed by atoms with Gasteiger partial charge < -0.3 is 5.32 Å². The zero-order chi connectivity index (χ0) is 16.4. The van der Waals surface area contributed by atoms with Gasteiger partial charge >= 0.3 is 0 Å². The summed E-state index contributed by atoms with van der Waals surface area (Å²) in [5, 5.41) is 3.25. The van der Waals surface area contributed by atoms with Crippen molar-refractivity contribution in [3.8, 4) is 0 Å². The number of nitrogens with zero attached hydrogens (tertiary/aromatic N) is 3. The molecule has 0 saturated heterocycles. The summed E-state index contributed by atoms with van der Waals surface area (Å²) in [6.45, 7) is 0.587. The molecule has 3 rings (SSSR count). The summed E-state index contributed by atoms with van der Waals surface area (Å²) in [6, 6.07) is 8.72. The van der Waals surface area contributed by atoms with Gasteiger partial charge in [-0.25, -0.2) is 22.7 Å².